The summed E-state index contributed by atoms with van der Waals surface area (Å²) in [6, 6.07) is 7.53. The molecule has 10 nitrogen and oxygen atoms in total. The molecular formula is C14H8Cl2N6O4S2. The minimum absolute atomic E-state index is 0.0293. The lowest BCUT2D eigenvalue weighted by atomic mass is 10.1. The zero-order chi connectivity index (χ0) is 20.9. The Kier molecular flexibility index (Phi) is 6.57. The summed E-state index contributed by atoms with van der Waals surface area (Å²) in [7, 11) is 2.45. The molecule has 0 heterocycles. The minimum atomic E-state index is -4.19. The molecule has 14 heteroatoms. The van der Waals surface area contributed by atoms with Crippen molar-refractivity contribution in [3.63, 3.8) is 0 Å². The molecule has 0 aliphatic rings. The van der Waals surface area contributed by atoms with Crippen molar-refractivity contribution in [2.24, 2.45) is 10.2 Å². The van der Waals surface area contributed by atoms with Gasteiger partial charge < -0.3 is 0 Å². The van der Waals surface area contributed by atoms with Crippen LogP contribution in [0, 0.1) is 0 Å². The van der Waals surface area contributed by atoms with Crippen LogP contribution in [0.4, 0.5) is 11.4 Å². The van der Waals surface area contributed by atoms with Crippen LogP contribution in [0.3, 0.4) is 0 Å². The van der Waals surface area contributed by atoms with Gasteiger partial charge in [-0.05, 0) is 34.3 Å². The Morgan fingerprint density at radius 3 is 1.39 bits per heavy atom. The first-order chi connectivity index (χ1) is 13.1. The number of halogens is 2. The van der Waals surface area contributed by atoms with Gasteiger partial charge in [-0.3, -0.25) is 0 Å². The van der Waals surface area contributed by atoms with E-state index >= 15 is 0 Å². The number of hydrogen-bond donors (Lipinski definition) is 0. The van der Waals surface area contributed by atoms with E-state index in [1.54, 1.807) is 0 Å². The maximum atomic E-state index is 11.8. The molecule has 0 amide bonds. The molecule has 0 atom stereocenters. The maximum absolute atomic E-state index is 11.8. The van der Waals surface area contributed by atoms with Crippen molar-refractivity contribution in [1.82, 2.24) is 0 Å². The first-order valence-corrected chi connectivity index (χ1v) is 11.6. The Hall–Kier alpha value is -2.72. The number of benzene rings is 2. The molecule has 0 bridgehead atoms. The third-order valence-corrected chi connectivity index (χ3v) is 6.04. The average molecular weight is 459 g/mol. The van der Waals surface area contributed by atoms with Gasteiger partial charge in [-0.2, -0.15) is 0 Å². The normalized spacial score (nSPS) is 11.6. The highest BCUT2D eigenvalue weighted by Gasteiger charge is 2.17. The van der Waals surface area contributed by atoms with Gasteiger partial charge in [0.15, 0.2) is 0 Å². The van der Waals surface area contributed by atoms with Crippen LogP contribution in [-0.4, -0.2) is 16.8 Å². The summed E-state index contributed by atoms with van der Waals surface area (Å²) in [6.07, 6.45) is 2.59. The van der Waals surface area contributed by atoms with E-state index in [2.05, 4.69) is 20.1 Å². The molecule has 0 saturated heterocycles. The molecule has 0 radical (unpaired) electrons. The molecule has 0 N–H and O–H groups in total. The van der Waals surface area contributed by atoms with Crippen molar-refractivity contribution in [2.75, 3.05) is 0 Å². The SMILES string of the molecule is [N-]=[N+]=Nc1ccc(/C=C/c2ccc(N=[N+]=[N-])cc2S(=O)(=O)Cl)c(S(=O)(=O)Cl)c1. The van der Waals surface area contributed by atoms with E-state index in [-0.39, 0.29) is 32.3 Å². The maximum Gasteiger partial charge on any atom is 0.261 e. The highest BCUT2D eigenvalue weighted by atomic mass is 35.7. The molecule has 2 rings (SSSR count). The smallest absolute Gasteiger partial charge is 0.207 e. The molecule has 28 heavy (non-hydrogen) atoms. The second kappa shape index (κ2) is 8.53. The van der Waals surface area contributed by atoms with Crippen LogP contribution in [0.5, 0.6) is 0 Å². The zero-order valence-electron chi connectivity index (χ0n) is 13.5. The van der Waals surface area contributed by atoms with Crippen LogP contribution in [0.15, 0.2) is 56.4 Å². The van der Waals surface area contributed by atoms with Crippen LogP contribution in [0.2, 0.25) is 0 Å². The summed E-state index contributed by atoms with van der Waals surface area (Å²) < 4.78 is 47.2. The summed E-state index contributed by atoms with van der Waals surface area (Å²) in [5, 5.41) is 6.62. The van der Waals surface area contributed by atoms with Gasteiger partial charge >= 0.3 is 0 Å². The van der Waals surface area contributed by atoms with Gasteiger partial charge in [0.05, 0.1) is 9.79 Å². The monoisotopic (exact) mass is 458 g/mol. The third-order valence-electron chi connectivity index (χ3n) is 3.28. The lowest BCUT2D eigenvalue weighted by Crippen LogP contribution is -1.95. The Labute approximate surface area is 168 Å². The Balaban J connectivity index is 2.63. The first kappa shape index (κ1) is 21.6. The molecular weight excluding hydrogens is 451 g/mol. The van der Waals surface area contributed by atoms with Gasteiger partial charge in [0, 0.05) is 42.6 Å². The predicted molar refractivity (Wildman–Crippen MR) is 106 cm³/mol. The minimum Gasteiger partial charge on any atom is -0.207 e. The predicted octanol–water partition coefficient (Wildman–Crippen LogP) is 5.60. The molecule has 0 aromatic heterocycles. The van der Waals surface area contributed by atoms with E-state index < -0.39 is 18.1 Å². The van der Waals surface area contributed by atoms with Crippen molar-refractivity contribution in [1.29, 1.82) is 0 Å². The standard InChI is InChI=1S/C14H8Cl2N6O4S2/c15-27(23,24)13-7-11(19-21-17)5-3-9(13)1-2-10-4-6-12(20-22-18)8-14(10)28(16,25)26/h1-8H/b2-1+. The lowest BCUT2D eigenvalue weighted by molar-refractivity contribution is 0.607. The summed E-state index contributed by atoms with van der Waals surface area (Å²) >= 11 is 0. The molecule has 0 saturated carbocycles. The second-order valence-electron chi connectivity index (χ2n) is 5.03. The molecule has 0 unspecified atom stereocenters. The lowest BCUT2D eigenvalue weighted by Gasteiger charge is -2.06. The fraction of sp³-hybridized carbons (Fsp3) is 0. The van der Waals surface area contributed by atoms with Crippen molar-refractivity contribution in [2.45, 2.75) is 9.79 Å². The van der Waals surface area contributed by atoms with Crippen LogP contribution >= 0.6 is 21.4 Å². The summed E-state index contributed by atoms with van der Waals surface area (Å²) in [4.78, 5) is 4.46. The fourth-order valence-corrected chi connectivity index (χ4v) is 4.31. The molecule has 0 fully saturated rings. The molecule has 2 aromatic rings. The summed E-state index contributed by atoms with van der Waals surface area (Å²) in [6.45, 7) is 0. The van der Waals surface area contributed by atoms with Crippen molar-refractivity contribution < 1.29 is 16.8 Å². The van der Waals surface area contributed by atoms with Gasteiger partial charge in [-0.1, -0.05) is 46.6 Å². The topological polar surface area (TPSA) is 166 Å². The van der Waals surface area contributed by atoms with E-state index in [1.807, 2.05) is 0 Å². The zero-order valence-corrected chi connectivity index (χ0v) is 16.7. The Morgan fingerprint density at radius 2 is 1.11 bits per heavy atom. The molecule has 0 spiro atoms. The van der Waals surface area contributed by atoms with Gasteiger partial charge in [-0.15, -0.1) is 0 Å². The molecule has 0 aliphatic carbocycles. The van der Waals surface area contributed by atoms with E-state index in [0.29, 0.717) is 0 Å². The van der Waals surface area contributed by atoms with Gasteiger partial charge in [0.25, 0.3) is 18.1 Å². The average Bonchev–Trinajstić information content (AvgIpc) is 2.60. The number of nitrogens with zero attached hydrogens (tertiary/aromatic N) is 6. The first-order valence-electron chi connectivity index (χ1n) is 7.02. The van der Waals surface area contributed by atoms with Crippen LogP contribution in [-0.2, 0) is 18.1 Å². The number of rotatable bonds is 6. The summed E-state index contributed by atoms with van der Waals surface area (Å²) in [5.41, 5.74) is 17.2. The summed E-state index contributed by atoms with van der Waals surface area (Å²) in [5.74, 6) is 0. The largest absolute Gasteiger partial charge is 0.261 e. The highest BCUT2D eigenvalue weighted by molar-refractivity contribution is 8.14. The van der Waals surface area contributed by atoms with Crippen molar-refractivity contribution in [3.8, 4) is 0 Å². The molecule has 0 aliphatic heterocycles. The van der Waals surface area contributed by atoms with Crippen LogP contribution in [0.25, 0.3) is 33.0 Å². The van der Waals surface area contributed by atoms with Gasteiger partial charge in [0.2, 0.25) is 0 Å². The third kappa shape index (κ3) is 5.40. The Bertz CT molecular complexity index is 1180. The highest BCUT2D eigenvalue weighted by Crippen LogP contribution is 2.30. The fourth-order valence-electron chi connectivity index (χ4n) is 2.15. The van der Waals surface area contributed by atoms with E-state index in [9.17, 15) is 16.8 Å². The van der Waals surface area contributed by atoms with E-state index in [4.69, 9.17) is 32.4 Å². The van der Waals surface area contributed by atoms with Crippen LogP contribution in [0.1, 0.15) is 11.1 Å². The molecule has 2 aromatic carbocycles. The van der Waals surface area contributed by atoms with E-state index in [1.165, 1.54) is 36.4 Å². The number of hydrogen-bond acceptors (Lipinski definition) is 6. The van der Waals surface area contributed by atoms with Crippen molar-refractivity contribution in [3.05, 3.63) is 68.4 Å². The quantitative estimate of drug-likeness (QED) is 0.180. The van der Waals surface area contributed by atoms with Gasteiger partial charge in [0.1, 0.15) is 0 Å². The molecule has 144 valence electrons. The van der Waals surface area contributed by atoms with Crippen molar-refractivity contribution >= 4 is 63.0 Å². The van der Waals surface area contributed by atoms with Gasteiger partial charge in [-0.25, -0.2) is 16.8 Å². The van der Waals surface area contributed by atoms with E-state index in [0.717, 1.165) is 12.1 Å². The second-order valence-corrected chi connectivity index (χ2v) is 10.1. The van der Waals surface area contributed by atoms with Crippen LogP contribution < -0.4 is 0 Å². The number of azide groups is 2. The Morgan fingerprint density at radius 1 is 0.750 bits per heavy atom.